The molecule has 222 valence electrons. The minimum atomic E-state index is -0.948. The zero-order valence-corrected chi connectivity index (χ0v) is 26.3. The van der Waals surface area contributed by atoms with Crippen LogP contribution in [0, 0.1) is 10.1 Å². The lowest BCUT2D eigenvalue weighted by molar-refractivity contribution is -0.385. The summed E-state index contributed by atoms with van der Waals surface area (Å²) in [5.41, 5.74) is 2.03. The van der Waals surface area contributed by atoms with Crippen molar-refractivity contribution >= 4 is 73.3 Å². The van der Waals surface area contributed by atoms with Crippen molar-refractivity contribution in [1.82, 2.24) is 0 Å². The monoisotopic (exact) mass is 725 g/mol. The molecule has 0 spiro atoms. The van der Waals surface area contributed by atoms with E-state index in [0.717, 1.165) is 43.6 Å². The van der Waals surface area contributed by atoms with E-state index in [2.05, 4.69) is 41.8 Å². The second-order valence-electron chi connectivity index (χ2n) is 9.33. The molecular weight excluding hydrogens is 706 g/mol. The molecule has 0 saturated heterocycles. The fraction of sp³-hybridized carbons (Fsp3) is 0. The van der Waals surface area contributed by atoms with Gasteiger partial charge in [-0.25, -0.2) is 9.59 Å². The third-order valence-electron chi connectivity index (χ3n) is 6.24. The average Bonchev–Trinajstić information content (AvgIpc) is 3.05. The molecule has 5 rings (SSSR count). The molecule has 0 N–H and O–H groups in total. The summed E-state index contributed by atoms with van der Waals surface area (Å²) in [6.07, 6.45) is 3.32. The summed E-state index contributed by atoms with van der Waals surface area (Å²) in [6, 6.07) is 31.5. The van der Waals surface area contributed by atoms with Crippen LogP contribution >= 0.6 is 31.9 Å². The largest absolute Gasteiger partial charge is 0.423 e. The number of carbonyl (C=O) groups is 2. The van der Waals surface area contributed by atoms with Crippen molar-refractivity contribution in [2.75, 3.05) is 0 Å². The van der Waals surface area contributed by atoms with Crippen molar-refractivity contribution in [2.24, 2.45) is 9.98 Å². The molecule has 0 radical (unpaired) electrons. The predicted octanol–water partition coefficient (Wildman–Crippen LogP) is 9.06. The normalized spacial score (nSPS) is 11.1. The highest BCUT2D eigenvalue weighted by Gasteiger charge is 2.25. The molecule has 0 bridgehead atoms. The van der Waals surface area contributed by atoms with E-state index >= 15 is 0 Å². The van der Waals surface area contributed by atoms with Gasteiger partial charge in [0, 0.05) is 27.4 Å². The van der Waals surface area contributed by atoms with Crippen molar-refractivity contribution < 1.29 is 24.0 Å². The molecule has 0 aliphatic rings. The number of halogens is 2. The molecule has 0 amide bonds. The summed E-state index contributed by atoms with van der Waals surface area (Å²) in [4.78, 5) is 45.5. The lowest BCUT2D eigenvalue weighted by Gasteiger charge is -2.08. The van der Waals surface area contributed by atoms with Crippen molar-refractivity contribution in [1.29, 1.82) is 0 Å². The number of carbonyl (C=O) groups excluding carboxylic acids is 2. The molecule has 0 saturated carbocycles. The first-order valence-electron chi connectivity index (χ1n) is 13.3. The maximum Gasteiger partial charge on any atom is 0.350 e. The molecule has 0 aliphatic carbocycles. The number of aliphatic imine (C=N–C) groups is 2. The Bertz CT molecular complexity index is 1940. The number of hydrogen-bond acceptors (Lipinski definition) is 8. The van der Waals surface area contributed by atoms with E-state index in [1.165, 1.54) is 6.07 Å². The molecule has 0 aromatic heterocycles. The molecule has 0 unspecified atom stereocenters. The molecular formula is C34H21Br2N3O6. The highest BCUT2D eigenvalue weighted by Crippen LogP contribution is 2.27. The van der Waals surface area contributed by atoms with E-state index in [-0.39, 0.29) is 22.6 Å². The fourth-order valence-corrected chi connectivity index (χ4v) is 4.73. The van der Waals surface area contributed by atoms with Crippen molar-refractivity contribution in [3.63, 3.8) is 0 Å². The summed E-state index contributed by atoms with van der Waals surface area (Å²) < 4.78 is 12.5. The van der Waals surface area contributed by atoms with Crippen LogP contribution in [0.15, 0.2) is 134 Å². The second-order valence-corrected chi connectivity index (χ2v) is 11.0. The Morgan fingerprint density at radius 2 is 1.11 bits per heavy atom. The van der Waals surface area contributed by atoms with E-state index in [1.807, 2.05) is 48.5 Å². The first kappa shape index (κ1) is 31.2. The van der Waals surface area contributed by atoms with E-state index in [1.54, 1.807) is 61.0 Å². The Kier molecular flexibility index (Phi) is 10.0. The number of nitro groups is 1. The minimum absolute atomic E-state index is 0.105. The van der Waals surface area contributed by atoms with Gasteiger partial charge in [-0.15, -0.1) is 0 Å². The lowest BCUT2D eigenvalue weighted by atomic mass is 10.1. The van der Waals surface area contributed by atoms with Crippen LogP contribution in [0.5, 0.6) is 11.5 Å². The van der Waals surface area contributed by atoms with Crippen LogP contribution in [-0.2, 0) is 0 Å². The summed E-state index contributed by atoms with van der Waals surface area (Å²) in [6.45, 7) is 0. The van der Waals surface area contributed by atoms with Gasteiger partial charge >= 0.3 is 11.9 Å². The Morgan fingerprint density at radius 3 is 1.58 bits per heavy atom. The van der Waals surface area contributed by atoms with Crippen LogP contribution in [0.25, 0.3) is 0 Å². The van der Waals surface area contributed by atoms with Crippen molar-refractivity contribution in [3.05, 3.63) is 157 Å². The SMILES string of the molecule is O=C(Oc1ccc(C=Nc2ccccc2Br)cc1)c1ccc(C(=O)Oc2ccc(C=Nc3ccccc3Br)cc2)c([N+](=O)[O-])c1. The highest BCUT2D eigenvalue weighted by atomic mass is 79.9. The number of hydrogen-bond donors (Lipinski definition) is 0. The average molecular weight is 727 g/mol. The fourth-order valence-electron chi connectivity index (χ4n) is 3.96. The van der Waals surface area contributed by atoms with Crippen LogP contribution < -0.4 is 9.47 Å². The smallest absolute Gasteiger partial charge is 0.350 e. The number of rotatable bonds is 9. The number of nitrogens with zero attached hydrogens (tertiary/aromatic N) is 3. The van der Waals surface area contributed by atoms with Crippen molar-refractivity contribution in [3.8, 4) is 11.5 Å². The highest BCUT2D eigenvalue weighted by molar-refractivity contribution is 9.11. The van der Waals surface area contributed by atoms with Crippen LogP contribution in [0.1, 0.15) is 31.8 Å². The molecule has 0 heterocycles. The molecule has 0 aliphatic heterocycles. The van der Waals surface area contributed by atoms with Gasteiger partial charge in [0.1, 0.15) is 17.1 Å². The van der Waals surface area contributed by atoms with Crippen molar-refractivity contribution in [2.45, 2.75) is 0 Å². The summed E-state index contributed by atoms with van der Waals surface area (Å²) >= 11 is 6.88. The topological polar surface area (TPSA) is 120 Å². The first-order chi connectivity index (χ1) is 21.8. The van der Waals surface area contributed by atoms with Gasteiger partial charge < -0.3 is 9.47 Å². The summed E-state index contributed by atoms with van der Waals surface area (Å²) in [7, 11) is 0. The Labute approximate surface area is 274 Å². The summed E-state index contributed by atoms with van der Waals surface area (Å²) in [5, 5.41) is 11.8. The third-order valence-corrected chi connectivity index (χ3v) is 7.58. The van der Waals surface area contributed by atoms with E-state index in [9.17, 15) is 19.7 Å². The van der Waals surface area contributed by atoms with Gasteiger partial charge in [0.2, 0.25) is 0 Å². The number of benzene rings is 5. The minimum Gasteiger partial charge on any atom is -0.423 e. The predicted molar refractivity (Wildman–Crippen MR) is 179 cm³/mol. The summed E-state index contributed by atoms with van der Waals surface area (Å²) in [5.74, 6) is -1.36. The number of ether oxygens (including phenoxy) is 2. The van der Waals surface area contributed by atoms with Gasteiger partial charge in [0.25, 0.3) is 5.69 Å². The number of para-hydroxylation sites is 2. The van der Waals surface area contributed by atoms with Gasteiger partial charge in [0.05, 0.1) is 21.9 Å². The molecule has 45 heavy (non-hydrogen) atoms. The molecule has 5 aromatic rings. The van der Waals surface area contributed by atoms with E-state index in [0.29, 0.717) is 0 Å². The zero-order valence-electron chi connectivity index (χ0n) is 23.2. The Balaban J connectivity index is 1.23. The van der Waals surface area contributed by atoms with Gasteiger partial charge in [-0.05, 0) is 128 Å². The zero-order chi connectivity index (χ0) is 31.8. The Hall–Kier alpha value is -5.26. The van der Waals surface area contributed by atoms with Crippen LogP contribution in [0.4, 0.5) is 17.1 Å². The van der Waals surface area contributed by atoms with E-state index in [4.69, 9.17) is 9.47 Å². The third kappa shape index (κ3) is 8.22. The molecule has 11 heteroatoms. The van der Waals surface area contributed by atoms with Crippen LogP contribution in [0.2, 0.25) is 0 Å². The maximum atomic E-state index is 12.9. The molecule has 0 atom stereocenters. The second kappa shape index (κ2) is 14.5. The van der Waals surface area contributed by atoms with Gasteiger partial charge in [-0.1, -0.05) is 24.3 Å². The standard InChI is InChI=1S/C34H21Br2N3O6/c35-28-5-1-3-7-30(28)37-20-22-9-14-25(15-10-22)44-33(40)24-13-18-27(32(19-24)39(42)43)34(41)45-26-16-11-23(12-17-26)21-38-31-8-4-2-6-29(31)36/h1-21H. The lowest BCUT2D eigenvalue weighted by Crippen LogP contribution is -2.14. The molecule has 0 fully saturated rings. The number of esters is 2. The first-order valence-corrected chi connectivity index (χ1v) is 14.9. The van der Waals surface area contributed by atoms with Gasteiger partial charge in [-0.2, -0.15) is 0 Å². The Morgan fingerprint density at radius 1 is 0.644 bits per heavy atom. The van der Waals surface area contributed by atoms with Crippen LogP contribution in [-0.4, -0.2) is 29.3 Å². The van der Waals surface area contributed by atoms with E-state index < -0.39 is 22.5 Å². The quantitative estimate of drug-likeness (QED) is 0.0491. The van der Waals surface area contributed by atoms with Gasteiger partial charge in [-0.3, -0.25) is 20.1 Å². The van der Waals surface area contributed by atoms with Crippen LogP contribution in [0.3, 0.4) is 0 Å². The molecule has 9 nitrogen and oxygen atoms in total. The maximum absolute atomic E-state index is 12.9. The number of nitro benzene ring substituents is 1. The van der Waals surface area contributed by atoms with Gasteiger partial charge in [0.15, 0.2) is 0 Å². The molecule has 5 aromatic carbocycles.